The van der Waals surface area contributed by atoms with Crippen LogP contribution in [0.1, 0.15) is 46.0 Å². The number of hydrogen-bond donors (Lipinski definition) is 7. The number of carboxylic acids is 2. The minimum Gasteiger partial charge on any atom is -0.481 e. The summed E-state index contributed by atoms with van der Waals surface area (Å²) in [6, 6.07) is -5.01. The predicted octanol–water partition coefficient (Wildman–Crippen LogP) is -1.61. The first kappa shape index (κ1) is 31.1. The maximum absolute atomic E-state index is 12.9. The normalized spacial score (nSPS) is 15.2. The van der Waals surface area contributed by atoms with Crippen LogP contribution < -0.4 is 27.4 Å². The van der Waals surface area contributed by atoms with E-state index in [9.17, 15) is 33.9 Å². The monoisotopic (exact) mass is 505 g/mol. The first-order valence-electron chi connectivity index (χ1n) is 10.7. The topological polar surface area (TPSA) is 231 Å². The highest BCUT2D eigenvalue weighted by Gasteiger charge is 2.32. The first-order valence-corrected chi connectivity index (χ1v) is 12.1. The van der Waals surface area contributed by atoms with E-state index in [1.54, 1.807) is 20.1 Å². The smallest absolute Gasteiger partial charge is 0.326 e. The van der Waals surface area contributed by atoms with E-state index < -0.39 is 72.6 Å². The minimum absolute atomic E-state index is 0.159. The summed E-state index contributed by atoms with van der Waals surface area (Å²) in [7, 11) is 0. The molecule has 0 saturated heterocycles. The third kappa shape index (κ3) is 11.8. The number of hydrogen-bond acceptors (Lipinski definition) is 8. The van der Waals surface area contributed by atoms with E-state index in [0.29, 0.717) is 12.2 Å². The Kier molecular flexibility index (Phi) is 14.5. The van der Waals surface area contributed by atoms with Crippen LogP contribution in [0.25, 0.3) is 0 Å². The van der Waals surface area contributed by atoms with Gasteiger partial charge < -0.3 is 37.6 Å². The van der Waals surface area contributed by atoms with Gasteiger partial charge in [-0.15, -0.1) is 0 Å². The highest BCUT2D eigenvalue weighted by molar-refractivity contribution is 7.98. The molecule has 0 saturated carbocycles. The SMILES string of the molecule is CCC(C)C(NC(=O)C(CCSC)NC(=O)C(CCC(=O)O)NC(=O)C(N)CC(N)=O)C(=O)O. The fraction of sp³-hybridized carbons (Fsp3) is 0.700. The molecule has 0 aliphatic heterocycles. The lowest BCUT2D eigenvalue weighted by molar-refractivity contribution is -0.143. The van der Waals surface area contributed by atoms with Gasteiger partial charge in [-0.25, -0.2) is 4.79 Å². The number of amides is 4. The van der Waals surface area contributed by atoms with Gasteiger partial charge in [-0.2, -0.15) is 11.8 Å². The van der Waals surface area contributed by atoms with E-state index in [1.807, 2.05) is 0 Å². The molecule has 0 aromatic carbocycles. The largest absolute Gasteiger partial charge is 0.481 e. The van der Waals surface area contributed by atoms with Gasteiger partial charge in [-0.1, -0.05) is 20.3 Å². The third-order valence-electron chi connectivity index (χ3n) is 5.06. The highest BCUT2D eigenvalue weighted by atomic mass is 32.2. The van der Waals surface area contributed by atoms with Gasteiger partial charge in [0.25, 0.3) is 0 Å². The molecule has 0 radical (unpaired) electrons. The average Bonchev–Trinajstić information content (AvgIpc) is 2.75. The van der Waals surface area contributed by atoms with Crippen molar-refractivity contribution in [2.24, 2.45) is 17.4 Å². The summed E-state index contributed by atoms with van der Waals surface area (Å²) in [5.74, 6) is -5.64. The number of carboxylic acid groups (broad SMARTS) is 2. The predicted molar refractivity (Wildman–Crippen MR) is 125 cm³/mol. The second-order valence-electron chi connectivity index (χ2n) is 7.82. The fourth-order valence-electron chi connectivity index (χ4n) is 2.84. The number of aliphatic carboxylic acids is 2. The van der Waals surface area contributed by atoms with E-state index in [1.165, 1.54) is 11.8 Å². The Balaban J connectivity index is 5.58. The van der Waals surface area contributed by atoms with Crippen molar-refractivity contribution in [3.05, 3.63) is 0 Å². The number of carbonyl (C=O) groups excluding carboxylic acids is 4. The van der Waals surface area contributed by atoms with Gasteiger partial charge in [0.15, 0.2) is 0 Å². The van der Waals surface area contributed by atoms with E-state index in [0.717, 1.165) is 0 Å². The van der Waals surface area contributed by atoms with Crippen molar-refractivity contribution in [2.75, 3.05) is 12.0 Å². The Morgan fingerprint density at radius 2 is 1.44 bits per heavy atom. The van der Waals surface area contributed by atoms with Crippen LogP contribution in [0, 0.1) is 5.92 Å². The fourth-order valence-corrected chi connectivity index (χ4v) is 3.31. The van der Waals surface area contributed by atoms with Crippen molar-refractivity contribution in [2.45, 2.75) is 70.1 Å². The molecule has 13 nitrogen and oxygen atoms in total. The quantitative estimate of drug-likeness (QED) is 0.119. The zero-order valence-electron chi connectivity index (χ0n) is 19.5. The molecule has 0 aliphatic carbocycles. The van der Waals surface area contributed by atoms with Gasteiger partial charge in [0.05, 0.1) is 12.5 Å². The van der Waals surface area contributed by atoms with Crippen molar-refractivity contribution < 1.29 is 39.0 Å². The Morgan fingerprint density at radius 3 is 1.91 bits per heavy atom. The number of nitrogens with two attached hydrogens (primary N) is 2. The molecule has 0 aromatic rings. The molecule has 0 bridgehead atoms. The molecule has 34 heavy (non-hydrogen) atoms. The van der Waals surface area contributed by atoms with Gasteiger partial charge >= 0.3 is 11.9 Å². The summed E-state index contributed by atoms with van der Waals surface area (Å²) in [6.07, 6.45) is 1.17. The van der Waals surface area contributed by atoms with Crippen molar-refractivity contribution in [3.8, 4) is 0 Å². The van der Waals surface area contributed by atoms with Crippen LogP contribution in [0.15, 0.2) is 0 Å². The molecule has 0 heterocycles. The maximum atomic E-state index is 12.9. The first-order chi connectivity index (χ1) is 15.8. The molecule has 14 heteroatoms. The number of primary amides is 1. The molecule has 5 atom stereocenters. The van der Waals surface area contributed by atoms with Gasteiger partial charge in [0.1, 0.15) is 18.1 Å². The van der Waals surface area contributed by atoms with E-state index in [4.69, 9.17) is 16.6 Å². The van der Waals surface area contributed by atoms with Gasteiger partial charge in [-0.3, -0.25) is 24.0 Å². The Labute approximate surface area is 202 Å². The van der Waals surface area contributed by atoms with Crippen LogP contribution in [0.3, 0.4) is 0 Å². The molecular weight excluding hydrogens is 470 g/mol. The maximum Gasteiger partial charge on any atom is 0.326 e. The molecule has 9 N–H and O–H groups in total. The summed E-state index contributed by atoms with van der Waals surface area (Å²) in [5, 5.41) is 25.6. The molecule has 4 amide bonds. The van der Waals surface area contributed by atoms with Crippen LogP contribution in [-0.4, -0.2) is 82.0 Å². The molecule has 0 aliphatic rings. The Bertz CT molecular complexity index is 750. The molecule has 5 unspecified atom stereocenters. The van der Waals surface area contributed by atoms with Crippen molar-refractivity contribution in [3.63, 3.8) is 0 Å². The summed E-state index contributed by atoms with van der Waals surface area (Å²) in [5.41, 5.74) is 10.6. The number of rotatable bonds is 17. The highest BCUT2D eigenvalue weighted by Crippen LogP contribution is 2.10. The summed E-state index contributed by atoms with van der Waals surface area (Å²) < 4.78 is 0. The van der Waals surface area contributed by atoms with Crippen molar-refractivity contribution in [1.29, 1.82) is 0 Å². The van der Waals surface area contributed by atoms with Crippen LogP contribution >= 0.6 is 11.8 Å². The van der Waals surface area contributed by atoms with Crippen LogP contribution in [0.2, 0.25) is 0 Å². The zero-order valence-corrected chi connectivity index (χ0v) is 20.4. The molecule has 0 aromatic heterocycles. The van der Waals surface area contributed by atoms with Gasteiger partial charge in [0, 0.05) is 6.42 Å². The van der Waals surface area contributed by atoms with Crippen LogP contribution in [-0.2, 0) is 28.8 Å². The summed E-state index contributed by atoms with van der Waals surface area (Å²) in [4.78, 5) is 71.5. The van der Waals surface area contributed by atoms with Gasteiger partial charge in [0.2, 0.25) is 23.6 Å². The summed E-state index contributed by atoms with van der Waals surface area (Å²) >= 11 is 1.40. The third-order valence-corrected chi connectivity index (χ3v) is 5.70. The lowest BCUT2D eigenvalue weighted by Gasteiger charge is -2.26. The number of carbonyl (C=O) groups is 6. The molecular formula is C20H35N5O8S. The average molecular weight is 506 g/mol. The second-order valence-corrected chi connectivity index (χ2v) is 8.81. The molecule has 0 fully saturated rings. The number of nitrogens with one attached hydrogen (secondary N) is 3. The standard InChI is InChI=1S/C20H35N5O8S/c1-4-10(2)16(20(32)33)25-19(31)13(7-8-34-3)24-18(30)12(5-6-15(27)28)23-17(29)11(21)9-14(22)26/h10-13,16H,4-9,21H2,1-3H3,(H2,22,26)(H,23,29)(H,24,30)(H,25,31)(H,27,28)(H,32,33). The Hall–Kier alpha value is -2.87. The lowest BCUT2D eigenvalue weighted by atomic mass is 9.98. The van der Waals surface area contributed by atoms with Crippen LogP contribution in [0.4, 0.5) is 0 Å². The van der Waals surface area contributed by atoms with Crippen molar-refractivity contribution in [1.82, 2.24) is 16.0 Å². The molecule has 0 spiro atoms. The van der Waals surface area contributed by atoms with Crippen LogP contribution in [0.5, 0.6) is 0 Å². The van der Waals surface area contributed by atoms with E-state index in [-0.39, 0.29) is 18.8 Å². The van der Waals surface area contributed by atoms with Crippen molar-refractivity contribution >= 4 is 47.3 Å². The zero-order chi connectivity index (χ0) is 26.4. The number of thioether (sulfide) groups is 1. The van der Waals surface area contributed by atoms with E-state index in [2.05, 4.69) is 16.0 Å². The van der Waals surface area contributed by atoms with E-state index >= 15 is 0 Å². The second kappa shape index (κ2) is 15.9. The lowest BCUT2D eigenvalue weighted by Crippen LogP contribution is -2.58. The molecule has 194 valence electrons. The summed E-state index contributed by atoms with van der Waals surface area (Å²) in [6.45, 7) is 3.44. The Morgan fingerprint density at radius 1 is 0.912 bits per heavy atom. The van der Waals surface area contributed by atoms with Gasteiger partial charge in [-0.05, 0) is 30.8 Å². The minimum atomic E-state index is -1.36. The molecule has 0 rings (SSSR count).